The van der Waals surface area contributed by atoms with Gasteiger partial charge in [0.05, 0.1) is 17.4 Å². The van der Waals surface area contributed by atoms with Crippen LogP contribution in [0.25, 0.3) is 5.52 Å². The molecule has 0 aromatic carbocycles. The summed E-state index contributed by atoms with van der Waals surface area (Å²) in [6.07, 6.45) is 5.11. The lowest BCUT2D eigenvalue weighted by atomic mass is 9.95. The Balaban J connectivity index is 0.00000256. The number of aryl methyl sites for hydroxylation is 1. The van der Waals surface area contributed by atoms with Crippen LogP contribution in [0.15, 0.2) is 17.1 Å². The number of halogens is 2. The number of carboxylic acids is 1. The number of carboxylic acid groups (broad SMARTS) is 1. The quantitative estimate of drug-likeness (QED) is 0.722. The highest BCUT2D eigenvalue weighted by molar-refractivity contribution is 5.89. The smallest absolute Gasteiger partial charge is 0.341 e. The third-order valence-electron chi connectivity index (χ3n) is 6.30. The van der Waals surface area contributed by atoms with E-state index in [1.807, 2.05) is 6.92 Å². The molecular formula is C22H29ClFN3O3. The predicted octanol–water partition coefficient (Wildman–Crippen LogP) is 3.57. The van der Waals surface area contributed by atoms with Gasteiger partial charge in [-0.1, -0.05) is 6.92 Å². The van der Waals surface area contributed by atoms with Crippen molar-refractivity contribution in [3.8, 4) is 0 Å². The van der Waals surface area contributed by atoms with Crippen LogP contribution in [0.2, 0.25) is 0 Å². The predicted molar refractivity (Wildman–Crippen MR) is 118 cm³/mol. The molecule has 3 heterocycles. The van der Waals surface area contributed by atoms with E-state index in [-0.39, 0.29) is 23.9 Å². The molecule has 0 atom stereocenters. The van der Waals surface area contributed by atoms with Crippen molar-refractivity contribution in [2.75, 3.05) is 31.1 Å². The Hall–Kier alpha value is -2.12. The summed E-state index contributed by atoms with van der Waals surface area (Å²) in [5.74, 6) is -0.896. The number of hydrogen-bond acceptors (Lipinski definition) is 4. The fourth-order valence-electron chi connectivity index (χ4n) is 4.60. The normalized spacial score (nSPS) is 17.2. The number of nitrogens with one attached hydrogen (secondary N) is 1. The van der Waals surface area contributed by atoms with Gasteiger partial charge < -0.3 is 15.3 Å². The molecule has 0 bridgehead atoms. The SMILES string of the molecule is CCNCC1CCN(c2c(F)cn3c(=O)c(C(=O)O)cc(C4CC4)c3c2C)CC1.Cl. The second kappa shape index (κ2) is 8.94. The van der Waals surface area contributed by atoms with E-state index >= 15 is 4.39 Å². The Morgan fingerprint density at radius 1 is 1.27 bits per heavy atom. The Bertz CT molecular complexity index is 1010. The van der Waals surface area contributed by atoms with Crippen LogP contribution in [-0.2, 0) is 0 Å². The highest BCUT2D eigenvalue weighted by Crippen LogP contribution is 2.44. The molecule has 1 saturated heterocycles. The monoisotopic (exact) mass is 437 g/mol. The fourth-order valence-corrected chi connectivity index (χ4v) is 4.60. The number of carbonyl (C=O) groups is 1. The molecule has 8 heteroatoms. The Labute approximate surface area is 181 Å². The average Bonchev–Trinajstić information content (AvgIpc) is 3.53. The van der Waals surface area contributed by atoms with Crippen molar-refractivity contribution in [3.05, 3.63) is 45.1 Å². The van der Waals surface area contributed by atoms with E-state index in [4.69, 9.17) is 0 Å². The zero-order chi connectivity index (χ0) is 20.7. The van der Waals surface area contributed by atoms with E-state index < -0.39 is 17.3 Å². The molecule has 30 heavy (non-hydrogen) atoms. The van der Waals surface area contributed by atoms with Crippen molar-refractivity contribution < 1.29 is 14.3 Å². The largest absolute Gasteiger partial charge is 0.477 e. The maximum atomic E-state index is 15.2. The minimum absolute atomic E-state index is 0. The number of hydrogen-bond donors (Lipinski definition) is 2. The van der Waals surface area contributed by atoms with E-state index in [1.165, 1.54) is 16.7 Å². The molecular weight excluding hydrogens is 409 g/mol. The van der Waals surface area contributed by atoms with Crippen LogP contribution in [0.3, 0.4) is 0 Å². The van der Waals surface area contributed by atoms with Crippen molar-refractivity contribution in [2.24, 2.45) is 5.92 Å². The summed E-state index contributed by atoms with van der Waals surface area (Å²) < 4.78 is 16.4. The van der Waals surface area contributed by atoms with Crippen molar-refractivity contribution in [3.63, 3.8) is 0 Å². The van der Waals surface area contributed by atoms with Gasteiger partial charge in [0, 0.05) is 13.1 Å². The van der Waals surface area contributed by atoms with Gasteiger partial charge in [0.25, 0.3) is 5.56 Å². The average molecular weight is 438 g/mol. The summed E-state index contributed by atoms with van der Waals surface area (Å²) in [7, 11) is 0. The van der Waals surface area contributed by atoms with Crippen LogP contribution < -0.4 is 15.8 Å². The van der Waals surface area contributed by atoms with Crippen LogP contribution in [-0.4, -0.2) is 41.7 Å². The van der Waals surface area contributed by atoms with Gasteiger partial charge in [-0.25, -0.2) is 9.18 Å². The van der Waals surface area contributed by atoms with Crippen molar-refractivity contribution in [1.29, 1.82) is 0 Å². The summed E-state index contributed by atoms with van der Waals surface area (Å²) in [5.41, 5.74) is 1.84. The summed E-state index contributed by atoms with van der Waals surface area (Å²) in [6, 6.07) is 1.51. The lowest BCUT2D eigenvalue weighted by Crippen LogP contribution is -2.38. The highest BCUT2D eigenvalue weighted by Gasteiger charge is 2.31. The lowest BCUT2D eigenvalue weighted by molar-refractivity contribution is 0.0694. The van der Waals surface area contributed by atoms with E-state index in [0.29, 0.717) is 17.1 Å². The van der Waals surface area contributed by atoms with Crippen molar-refractivity contribution in [2.45, 2.75) is 45.4 Å². The van der Waals surface area contributed by atoms with E-state index in [2.05, 4.69) is 17.1 Å². The number of anilines is 1. The molecule has 6 nitrogen and oxygen atoms in total. The summed E-state index contributed by atoms with van der Waals surface area (Å²) in [4.78, 5) is 26.3. The molecule has 1 saturated carbocycles. The molecule has 0 spiro atoms. The molecule has 1 aliphatic heterocycles. The molecule has 2 N–H and O–H groups in total. The molecule has 0 amide bonds. The third kappa shape index (κ3) is 4.05. The van der Waals surface area contributed by atoms with Gasteiger partial charge in [0.2, 0.25) is 0 Å². The zero-order valence-electron chi connectivity index (χ0n) is 17.4. The first-order valence-electron chi connectivity index (χ1n) is 10.5. The van der Waals surface area contributed by atoms with E-state index in [9.17, 15) is 14.7 Å². The molecule has 1 aliphatic carbocycles. The number of fused-ring (bicyclic) bond motifs is 1. The summed E-state index contributed by atoms with van der Waals surface area (Å²) >= 11 is 0. The third-order valence-corrected chi connectivity index (χ3v) is 6.30. The van der Waals surface area contributed by atoms with Gasteiger partial charge in [-0.15, -0.1) is 12.4 Å². The Kier molecular flexibility index (Phi) is 6.72. The van der Waals surface area contributed by atoms with Gasteiger partial charge in [-0.3, -0.25) is 9.20 Å². The number of aromatic nitrogens is 1. The summed E-state index contributed by atoms with van der Waals surface area (Å²) in [6.45, 7) is 7.45. The molecule has 164 valence electrons. The topological polar surface area (TPSA) is 74.0 Å². The van der Waals surface area contributed by atoms with Crippen molar-refractivity contribution >= 4 is 29.6 Å². The molecule has 2 aliphatic rings. The van der Waals surface area contributed by atoms with Gasteiger partial charge >= 0.3 is 5.97 Å². The van der Waals surface area contributed by atoms with Crippen LogP contribution in [0.5, 0.6) is 0 Å². The number of nitrogens with zero attached hydrogens (tertiary/aromatic N) is 2. The molecule has 2 aromatic rings. The van der Waals surface area contributed by atoms with Crippen LogP contribution in [0, 0.1) is 18.7 Å². The summed E-state index contributed by atoms with van der Waals surface area (Å²) in [5, 5.41) is 12.8. The number of rotatable bonds is 6. The number of piperidine rings is 1. The minimum atomic E-state index is -1.27. The minimum Gasteiger partial charge on any atom is -0.477 e. The van der Waals surface area contributed by atoms with Gasteiger partial charge in [-0.2, -0.15) is 0 Å². The highest BCUT2D eigenvalue weighted by atomic mass is 35.5. The first kappa shape index (κ1) is 22.6. The van der Waals surface area contributed by atoms with E-state index in [0.717, 1.165) is 63.0 Å². The van der Waals surface area contributed by atoms with Gasteiger partial charge in [-0.05, 0) is 74.7 Å². The number of aromatic carboxylic acids is 1. The lowest BCUT2D eigenvalue weighted by Gasteiger charge is -2.35. The zero-order valence-corrected chi connectivity index (χ0v) is 18.2. The Morgan fingerprint density at radius 2 is 1.93 bits per heavy atom. The molecule has 2 fully saturated rings. The molecule has 4 rings (SSSR count). The molecule has 2 aromatic heterocycles. The maximum absolute atomic E-state index is 15.2. The fraction of sp³-hybridized carbons (Fsp3) is 0.545. The first-order valence-corrected chi connectivity index (χ1v) is 10.5. The van der Waals surface area contributed by atoms with Crippen LogP contribution >= 0.6 is 12.4 Å². The maximum Gasteiger partial charge on any atom is 0.341 e. The molecule has 0 unspecified atom stereocenters. The second-order valence-corrected chi connectivity index (χ2v) is 8.31. The van der Waals surface area contributed by atoms with Gasteiger partial charge in [0.15, 0.2) is 5.82 Å². The van der Waals surface area contributed by atoms with Crippen LogP contribution in [0.1, 0.15) is 60.0 Å². The molecule has 0 radical (unpaired) electrons. The standard InChI is InChI=1S/C22H28FN3O3.ClH/c1-3-24-11-14-6-8-25(9-7-14)20-13(2)19-16(15-4-5-15)10-17(22(28)29)21(27)26(19)12-18(20)23;/h10,12,14-15,24H,3-9,11H2,1-2H3,(H,28,29);1H. The second-order valence-electron chi connectivity index (χ2n) is 8.31. The van der Waals surface area contributed by atoms with Crippen LogP contribution in [0.4, 0.5) is 10.1 Å². The van der Waals surface area contributed by atoms with E-state index in [1.54, 1.807) is 0 Å². The Morgan fingerprint density at radius 3 is 2.50 bits per heavy atom. The first-order chi connectivity index (χ1) is 13.9. The van der Waals surface area contributed by atoms with Gasteiger partial charge in [0.1, 0.15) is 5.56 Å². The number of pyridine rings is 2. The van der Waals surface area contributed by atoms with Crippen molar-refractivity contribution in [1.82, 2.24) is 9.72 Å².